The number of nitriles is 1. The zero-order valence-corrected chi connectivity index (χ0v) is 8.30. The normalized spacial score (nSPS) is 18.6. The number of nitrogens with one attached hydrogen (secondary N) is 1. The molecule has 6 nitrogen and oxygen atoms in total. The summed E-state index contributed by atoms with van der Waals surface area (Å²) >= 11 is 0. The number of hydrogen-bond acceptors (Lipinski definition) is 5. The first-order chi connectivity index (χ1) is 7.63. The van der Waals surface area contributed by atoms with Gasteiger partial charge in [-0.3, -0.25) is 10.1 Å². The maximum Gasteiger partial charge on any atom is 0.312 e. The van der Waals surface area contributed by atoms with Gasteiger partial charge >= 0.3 is 5.69 Å². The maximum atomic E-state index is 10.7. The number of nitrogens with zero attached hydrogens (tertiary/aromatic N) is 2. The Hall–Kier alpha value is -2.13. The largest absolute Gasteiger partial charge is 0.502 e. The van der Waals surface area contributed by atoms with E-state index >= 15 is 0 Å². The third kappa shape index (κ3) is 1.57. The summed E-state index contributed by atoms with van der Waals surface area (Å²) in [7, 11) is 0. The molecule has 0 bridgehead atoms. The lowest BCUT2D eigenvalue weighted by Gasteiger charge is -2.28. The van der Waals surface area contributed by atoms with Crippen LogP contribution < -0.4 is 5.32 Å². The van der Waals surface area contributed by atoms with Crippen molar-refractivity contribution in [3.05, 3.63) is 33.4 Å². The molecule has 2 rings (SSSR count). The van der Waals surface area contributed by atoms with Gasteiger partial charge in [-0.1, -0.05) is 0 Å². The second kappa shape index (κ2) is 3.79. The number of nitro benzene ring substituents is 1. The Bertz CT molecular complexity index is 489. The van der Waals surface area contributed by atoms with Crippen LogP contribution in [0.25, 0.3) is 0 Å². The van der Waals surface area contributed by atoms with Crippen LogP contribution >= 0.6 is 0 Å². The van der Waals surface area contributed by atoms with Crippen LogP contribution in [0.1, 0.15) is 23.6 Å². The molecule has 82 valence electrons. The molecule has 1 aliphatic rings. The zero-order valence-electron chi connectivity index (χ0n) is 8.30. The number of benzene rings is 1. The zero-order chi connectivity index (χ0) is 11.7. The number of nitro groups is 1. The van der Waals surface area contributed by atoms with Crippen molar-refractivity contribution in [2.45, 2.75) is 12.5 Å². The van der Waals surface area contributed by atoms with E-state index in [1.165, 1.54) is 6.07 Å². The lowest BCUT2D eigenvalue weighted by atomic mass is 9.95. The van der Waals surface area contributed by atoms with Crippen molar-refractivity contribution >= 4 is 5.69 Å². The molecule has 0 aromatic heterocycles. The van der Waals surface area contributed by atoms with Crippen LogP contribution in [-0.2, 0) is 0 Å². The monoisotopic (exact) mass is 219 g/mol. The van der Waals surface area contributed by atoms with E-state index in [0.29, 0.717) is 5.56 Å². The topological polar surface area (TPSA) is 99.2 Å². The van der Waals surface area contributed by atoms with Crippen molar-refractivity contribution in [3.8, 4) is 11.8 Å². The number of phenolic OH excluding ortho intramolecular Hbond substituents is 1. The minimum Gasteiger partial charge on any atom is -0.502 e. The molecule has 0 aliphatic carbocycles. The highest BCUT2D eigenvalue weighted by Gasteiger charge is 2.27. The van der Waals surface area contributed by atoms with Gasteiger partial charge in [0.25, 0.3) is 0 Å². The van der Waals surface area contributed by atoms with Gasteiger partial charge in [-0.25, -0.2) is 0 Å². The van der Waals surface area contributed by atoms with Crippen molar-refractivity contribution < 1.29 is 10.0 Å². The van der Waals surface area contributed by atoms with Crippen molar-refractivity contribution in [3.63, 3.8) is 0 Å². The second-order valence-electron chi connectivity index (χ2n) is 3.60. The number of hydrogen-bond donors (Lipinski definition) is 2. The van der Waals surface area contributed by atoms with Gasteiger partial charge in [0.2, 0.25) is 0 Å². The smallest absolute Gasteiger partial charge is 0.312 e. The summed E-state index contributed by atoms with van der Waals surface area (Å²) in [5.74, 6) is -0.346. The highest BCUT2D eigenvalue weighted by molar-refractivity contribution is 5.57. The van der Waals surface area contributed by atoms with Crippen molar-refractivity contribution in [2.75, 3.05) is 6.54 Å². The molecule has 1 fully saturated rings. The van der Waals surface area contributed by atoms with E-state index in [9.17, 15) is 15.2 Å². The predicted molar refractivity (Wildman–Crippen MR) is 54.8 cm³/mol. The van der Waals surface area contributed by atoms with Gasteiger partial charge in [0.05, 0.1) is 16.6 Å². The van der Waals surface area contributed by atoms with E-state index in [4.69, 9.17) is 5.26 Å². The van der Waals surface area contributed by atoms with Crippen molar-refractivity contribution in [1.29, 1.82) is 5.26 Å². The molecule has 1 saturated heterocycles. The Balaban J connectivity index is 2.55. The summed E-state index contributed by atoms with van der Waals surface area (Å²) < 4.78 is 0. The average molecular weight is 219 g/mol. The van der Waals surface area contributed by atoms with Gasteiger partial charge in [0.1, 0.15) is 0 Å². The molecular formula is C10H9N3O3. The van der Waals surface area contributed by atoms with E-state index in [2.05, 4.69) is 5.32 Å². The van der Waals surface area contributed by atoms with Crippen LogP contribution in [0.4, 0.5) is 5.69 Å². The lowest BCUT2D eigenvalue weighted by molar-refractivity contribution is -0.386. The molecule has 1 aromatic rings. The molecule has 2 N–H and O–H groups in total. The van der Waals surface area contributed by atoms with Crippen molar-refractivity contribution in [2.24, 2.45) is 0 Å². The fourth-order valence-corrected chi connectivity index (χ4v) is 1.66. The second-order valence-corrected chi connectivity index (χ2v) is 3.60. The summed E-state index contributed by atoms with van der Waals surface area (Å²) in [6.45, 7) is 0.814. The van der Waals surface area contributed by atoms with Crippen LogP contribution in [0.15, 0.2) is 12.1 Å². The highest BCUT2D eigenvalue weighted by atomic mass is 16.6. The minimum absolute atomic E-state index is 0.0907. The third-order valence-corrected chi connectivity index (χ3v) is 2.64. The summed E-state index contributed by atoms with van der Waals surface area (Å²) in [4.78, 5) is 10.0. The van der Waals surface area contributed by atoms with E-state index in [1.54, 1.807) is 0 Å². The SMILES string of the molecule is N#Cc1cc([C@@H]2CCN2)c(O)c([N+](=O)[O-])c1. The van der Waals surface area contributed by atoms with Gasteiger partial charge in [-0.15, -0.1) is 0 Å². The molecular weight excluding hydrogens is 210 g/mol. The van der Waals surface area contributed by atoms with Crippen LogP contribution in [0.3, 0.4) is 0 Å². The first-order valence-corrected chi connectivity index (χ1v) is 4.78. The molecule has 0 spiro atoms. The van der Waals surface area contributed by atoms with Gasteiger partial charge in [-0.05, 0) is 19.0 Å². The van der Waals surface area contributed by atoms with E-state index < -0.39 is 10.6 Å². The number of phenols is 1. The molecule has 1 aromatic carbocycles. The standard InChI is InChI=1S/C10H9N3O3/c11-5-6-3-7(8-1-2-12-8)10(14)9(4-6)13(15)16/h3-4,8,12,14H,1-2H2/t8-/m0/s1. The molecule has 0 radical (unpaired) electrons. The summed E-state index contributed by atoms with van der Waals surface area (Å²) in [6.07, 6.45) is 0.805. The molecule has 16 heavy (non-hydrogen) atoms. The Kier molecular flexibility index (Phi) is 2.46. The third-order valence-electron chi connectivity index (χ3n) is 2.64. The van der Waals surface area contributed by atoms with Gasteiger partial charge in [0.15, 0.2) is 5.75 Å². The molecule has 1 heterocycles. The first-order valence-electron chi connectivity index (χ1n) is 4.78. The van der Waals surface area contributed by atoms with E-state index in [0.717, 1.165) is 19.0 Å². The number of aromatic hydroxyl groups is 1. The Morgan fingerprint density at radius 3 is 2.75 bits per heavy atom. The summed E-state index contributed by atoms with van der Waals surface area (Å²) in [5, 5.41) is 32.2. The van der Waals surface area contributed by atoms with E-state index in [-0.39, 0.29) is 17.4 Å². The van der Waals surface area contributed by atoms with Gasteiger partial charge < -0.3 is 10.4 Å². The molecule has 1 aliphatic heterocycles. The van der Waals surface area contributed by atoms with Crippen molar-refractivity contribution in [1.82, 2.24) is 5.32 Å². The fourth-order valence-electron chi connectivity index (χ4n) is 1.66. The average Bonchev–Trinajstić information content (AvgIpc) is 2.17. The van der Waals surface area contributed by atoms with Crippen LogP contribution in [-0.4, -0.2) is 16.6 Å². The van der Waals surface area contributed by atoms with Crippen LogP contribution in [0, 0.1) is 21.4 Å². The molecule has 0 amide bonds. The minimum atomic E-state index is -0.682. The Labute approximate surface area is 91.3 Å². The lowest BCUT2D eigenvalue weighted by Crippen LogP contribution is -2.35. The first kappa shape index (κ1) is 10.4. The summed E-state index contributed by atoms with van der Waals surface area (Å²) in [5.41, 5.74) is 0.202. The molecule has 1 atom stereocenters. The van der Waals surface area contributed by atoms with Gasteiger partial charge in [-0.2, -0.15) is 5.26 Å². The van der Waals surface area contributed by atoms with Gasteiger partial charge in [0, 0.05) is 17.7 Å². The highest BCUT2D eigenvalue weighted by Crippen LogP contribution is 2.37. The Morgan fingerprint density at radius 1 is 1.62 bits per heavy atom. The maximum absolute atomic E-state index is 10.7. The molecule has 0 unspecified atom stereocenters. The predicted octanol–water partition coefficient (Wildman–Crippen LogP) is 1.21. The van der Waals surface area contributed by atoms with Crippen LogP contribution in [0.5, 0.6) is 5.75 Å². The number of rotatable bonds is 2. The Morgan fingerprint density at radius 2 is 2.31 bits per heavy atom. The molecule has 6 heteroatoms. The summed E-state index contributed by atoms with van der Waals surface area (Å²) in [6, 6.07) is 4.32. The quantitative estimate of drug-likeness (QED) is 0.575. The molecule has 0 saturated carbocycles. The van der Waals surface area contributed by atoms with E-state index in [1.807, 2.05) is 6.07 Å². The van der Waals surface area contributed by atoms with Crippen LogP contribution in [0.2, 0.25) is 0 Å². The fraction of sp³-hybridized carbons (Fsp3) is 0.300.